The van der Waals surface area contributed by atoms with E-state index in [2.05, 4.69) is 26.2 Å². The van der Waals surface area contributed by atoms with Gasteiger partial charge in [0.15, 0.2) is 5.65 Å². The first-order valence-corrected chi connectivity index (χ1v) is 18.3. The third-order valence-corrected chi connectivity index (χ3v) is 9.43. The van der Waals surface area contributed by atoms with Crippen LogP contribution in [-0.4, -0.2) is 99.4 Å². The number of tetrazole rings is 1. The Balaban J connectivity index is 0.000000188. The van der Waals surface area contributed by atoms with Gasteiger partial charge in [-0.3, -0.25) is 0 Å². The van der Waals surface area contributed by atoms with Gasteiger partial charge in [-0.05, 0) is 114 Å². The van der Waals surface area contributed by atoms with Gasteiger partial charge in [-0.1, -0.05) is 18.2 Å². The molecule has 15 nitrogen and oxygen atoms in total. The predicted octanol–water partition coefficient (Wildman–Crippen LogP) is 3.73. The molecular weight excluding hydrogens is 708 g/mol. The fourth-order valence-electron chi connectivity index (χ4n) is 6.45. The van der Waals surface area contributed by atoms with Crippen LogP contribution in [-0.2, 0) is 17.6 Å². The maximum atomic E-state index is 11.9. The van der Waals surface area contributed by atoms with Crippen molar-refractivity contribution >= 4 is 17.6 Å². The summed E-state index contributed by atoms with van der Waals surface area (Å²) < 4.78 is 23.7. The molecule has 3 aromatic carbocycles. The molecule has 0 aliphatic carbocycles. The molecule has 0 bridgehead atoms. The molecule has 2 aromatic heterocycles. The molecule has 2 aliphatic heterocycles. The largest absolute Gasteiger partial charge is 0.497 e. The second-order valence-electron chi connectivity index (χ2n) is 13.3. The molecule has 5 aromatic rings. The molecule has 0 saturated heterocycles. The number of nitrogens with zero attached hydrogens (tertiary/aromatic N) is 4. The maximum absolute atomic E-state index is 11.9. The van der Waals surface area contributed by atoms with Crippen molar-refractivity contribution in [3.8, 4) is 17.2 Å². The number of nitrogens with one attached hydrogen (secondary N) is 2. The molecule has 0 radical (unpaired) electrons. The summed E-state index contributed by atoms with van der Waals surface area (Å²) in [6.45, 7) is 4.18. The Kier molecular flexibility index (Phi) is 13.2. The molecule has 15 heteroatoms. The number of fused-ring (bicyclic) bond motifs is 3. The number of carboxylic acids is 1. The van der Waals surface area contributed by atoms with Gasteiger partial charge in [0.05, 0.1) is 37.1 Å². The van der Waals surface area contributed by atoms with Gasteiger partial charge in [0.2, 0.25) is 0 Å². The minimum atomic E-state index is -0.928. The number of aliphatic hydroxyl groups is 2. The third-order valence-electron chi connectivity index (χ3n) is 9.43. The SMILES string of the molecule is CCOC(=O)c1ccc2c(c1)CCC(CNCC(O)c1ccc3nnnn3c1)O2.COc1cccc(C(O)CNCC2CCc3cc(C(=O)O)ccc3O2)c1. The number of aromatic nitrogens is 4. The Morgan fingerprint density at radius 2 is 1.49 bits per heavy atom. The van der Waals surface area contributed by atoms with Crippen LogP contribution in [0.1, 0.15) is 74.9 Å². The van der Waals surface area contributed by atoms with Gasteiger partial charge >= 0.3 is 11.9 Å². The topological polar surface area (TPSA) is 199 Å². The number of carbonyl (C=O) groups is 2. The number of methoxy groups -OCH3 is 1. The highest BCUT2D eigenvalue weighted by Gasteiger charge is 2.23. The van der Waals surface area contributed by atoms with Crippen LogP contribution in [0, 0.1) is 0 Å². The summed E-state index contributed by atoms with van der Waals surface area (Å²) in [6.07, 6.45) is 3.66. The summed E-state index contributed by atoms with van der Waals surface area (Å²) in [4.78, 5) is 22.9. The first-order chi connectivity index (χ1) is 26.7. The standard InChI is InChI=1S/C20H23N5O4.C20H23NO5/c1-2-28-20(27)14-4-7-18-13(9-14)3-6-16(29-18)10-21-11-17(26)15-5-8-19-22-23-24-25(19)12-15;1-25-16-4-2-3-13(10-16)18(22)12-21-11-17-7-5-14-9-15(20(23)24)6-8-19(14)26-17/h4-5,7-9,12,16-17,21,26H,2-3,6,10-11H2,1H3;2-4,6,8-10,17-18,21-22H,5,7,11-12H2,1H3,(H,23,24). The van der Waals surface area contributed by atoms with E-state index in [1.54, 1.807) is 50.6 Å². The van der Waals surface area contributed by atoms with Crippen molar-refractivity contribution in [1.29, 1.82) is 0 Å². The number of hydrogen-bond acceptors (Lipinski definition) is 13. The Hall–Kier alpha value is -5.61. The quantitative estimate of drug-likeness (QED) is 0.103. The van der Waals surface area contributed by atoms with E-state index in [9.17, 15) is 19.8 Å². The number of carbonyl (C=O) groups excluding carboxylic acids is 1. The zero-order chi connectivity index (χ0) is 38.7. The molecule has 0 amide bonds. The number of hydrogen-bond donors (Lipinski definition) is 5. The zero-order valence-corrected chi connectivity index (χ0v) is 30.8. The van der Waals surface area contributed by atoms with E-state index in [4.69, 9.17) is 24.1 Å². The van der Waals surface area contributed by atoms with Crippen molar-refractivity contribution in [2.24, 2.45) is 0 Å². The number of pyridine rings is 1. The number of carboxylic acid groups (broad SMARTS) is 1. The number of benzene rings is 3. The number of aromatic carboxylic acids is 1. The van der Waals surface area contributed by atoms with Crippen molar-refractivity contribution in [1.82, 2.24) is 30.7 Å². The Morgan fingerprint density at radius 1 is 0.855 bits per heavy atom. The molecule has 4 unspecified atom stereocenters. The van der Waals surface area contributed by atoms with Gasteiger partial charge in [0, 0.05) is 37.9 Å². The molecule has 0 saturated carbocycles. The minimum absolute atomic E-state index is 0.00399. The Labute approximate surface area is 318 Å². The molecule has 4 heterocycles. The Morgan fingerprint density at radius 3 is 2.13 bits per heavy atom. The van der Waals surface area contributed by atoms with E-state index >= 15 is 0 Å². The smallest absolute Gasteiger partial charge is 0.338 e. The summed E-state index contributed by atoms with van der Waals surface area (Å²) in [5, 5.41) is 47.5. The highest BCUT2D eigenvalue weighted by Crippen LogP contribution is 2.30. The molecule has 0 fully saturated rings. The van der Waals surface area contributed by atoms with E-state index < -0.39 is 18.2 Å². The predicted molar refractivity (Wildman–Crippen MR) is 201 cm³/mol. The van der Waals surface area contributed by atoms with Gasteiger partial charge in [-0.25, -0.2) is 14.1 Å². The second-order valence-corrected chi connectivity index (χ2v) is 13.3. The van der Waals surface area contributed by atoms with Gasteiger partial charge in [0.25, 0.3) is 0 Å². The molecule has 0 spiro atoms. The van der Waals surface area contributed by atoms with E-state index in [1.165, 1.54) is 4.52 Å². The summed E-state index contributed by atoms with van der Waals surface area (Å²) in [5.41, 5.74) is 4.94. The highest BCUT2D eigenvalue weighted by molar-refractivity contribution is 5.90. The van der Waals surface area contributed by atoms with E-state index in [0.717, 1.165) is 65.2 Å². The lowest BCUT2D eigenvalue weighted by molar-refractivity contribution is 0.0525. The summed E-state index contributed by atoms with van der Waals surface area (Å²) >= 11 is 0. The third kappa shape index (κ3) is 10.3. The van der Waals surface area contributed by atoms with Crippen LogP contribution in [0.3, 0.4) is 0 Å². The monoisotopic (exact) mass is 754 g/mol. The minimum Gasteiger partial charge on any atom is -0.497 e. The van der Waals surface area contributed by atoms with E-state index in [1.807, 2.05) is 42.5 Å². The van der Waals surface area contributed by atoms with Gasteiger partial charge in [-0.15, -0.1) is 5.10 Å². The van der Waals surface area contributed by atoms with Crippen LogP contribution in [0.15, 0.2) is 79.0 Å². The van der Waals surface area contributed by atoms with Crippen LogP contribution >= 0.6 is 0 Å². The normalized spacial score (nSPS) is 16.9. The summed E-state index contributed by atoms with van der Waals surface area (Å²) in [5.74, 6) is 1.01. The maximum Gasteiger partial charge on any atom is 0.338 e. The lowest BCUT2D eigenvalue weighted by Crippen LogP contribution is -2.36. The van der Waals surface area contributed by atoms with E-state index in [-0.39, 0.29) is 23.7 Å². The van der Waals surface area contributed by atoms with Crippen molar-refractivity contribution in [3.63, 3.8) is 0 Å². The number of aryl methyl sites for hydroxylation is 2. The van der Waals surface area contributed by atoms with Gasteiger partial charge in [0.1, 0.15) is 29.5 Å². The van der Waals surface area contributed by atoms with Crippen molar-refractivity contribution in [2.75, 3.05) is 39.9 Å². The van der Waals surface area contributed by atoms with Crippen LogP contribution in [0.2, 0.25) is 0 Å². The van der Waals surface area contributed by atoms with E-state index in [0.29, 0.717) is 44.0 Å². The molecule has 290 valence electrons. The molecule has 2 aliphatic rings. The fourth-order valence-corrected chi connectivity index (χ4v) is 6.45. The fraction of sp³-hybridized carbons (Fsp3) is 0.375. The molecular formula is C40H46N6O9. The van der Waals surface area contributed by atoms with Gasteiger partial charge < -0.3 is 44.9 Å². The highest BCUT2D eigenvalue weighted by atomic mass is 16.5. The lowest BCUT2D eigenvalue weighted by Gasteiger charge is -2.27. The summed E-state index contributed by atoms with van der Waals surface area (Å²) in [7, 11) is 1.60. The number of ether oxygens (including phenoxy) is 4. The lowest BCUT2D eigenvalue weighted by atomic mass is 10.00. The first kappa shape index (κ1) is 39.1. The van der Waals surface area contributed by atoms with Crippen LogP contribution in [0.25, 0.3) is 5.65 Å². The Bertz CT molecular complexity index is 2070. The van der Waals surface area contributed by atoms with Crippen LogP contribution < -0.4 is 24.8 Å². The first-order valence-electron chi connectivity index (χ1n) is 18.3. The number of rotatable bonds is 14. The zero-order valence-electron chi connectivity index (χ0n) is 30.8. The van der Waals surface area contributed by atoms with Crippen molar-refractivity contribution < 1.29 is 43.9 Å². The second kappa shape index (κ2) is 18.6. The average Bonchev–Trinajstić information content (AvgIpc) is 3.69. The van der Waals surface area contributed by atoms with Gasteiger partial charge in [-0.2, -0.15) is 0 Å². The molecule has 55 heavy (non-hydrogen) atoms. The van der Waals surface area contributed by atoms with Crippen LogP contribution in [0.5, 0.6) is 17.2 Å². The van der Waals surface area contributed by atoms with Crippen molar-refractivity contribution in [3.05, 3.63) is 112 Å². The average molecular weight is 755 g/mol. The molecule has 5 N–H and O–H groups in total. The molecule has 4 atom stereocenters. The number of aliphatic hydroxyl groups excluding tert-OH is 2. The number of esters is 1. The van der Waals surface area contributed by atoms with Crippen LogP contribution in [0.4, 0.5) is 0 Å². The summed E-state index contributed by atoms with van der Waals surface area (Å²) in [6, 6.07) is 21.3. The molecule has 7 rings (SSSR count). The van der Waals surface area contributed by atoms with Crippen molar-refractivity contribution in [2.45, 2.75) is 57.0 Å².